The molecular formula is C12H16N4O5. The van der Waals surface area contributed by atoms with Gasteiger partial charge in [-0.2, -0.15) is 0 Å². The van der Waals surface area contributed by atoms with Gasteiger partial charge in [-0.3, -0.25) is 9.36 Å². The Hall–Kier alpha value is -1.81. The zero-order valence-electron chi connectivity index (χ0n) is 11.5. The number of aromatic nitrogens is 4. The molecule has 114 valence electrons. The minimum absolute atomic E-state index is 0.144. The lowest BCUT2D eigenvalue weighted by Crippen LogP contribution is -2.38. The van der Waals surface area contributed by atoms with Crippen molar-refractivity contribution in [2.75, 3.05) is 7.11 Å². The van der Waals surface area contributed by atoms with E-state index in [0.717, 1.165) is 0 Å². The second-order valence-electron chi connectivity index (χ2n) is 4.97. The Morgan fingerprint density at radius 3 is 2.90 bits per heavy atom. The van der Waals surface area contributed by atoms with Crippen LogP contribution in [0.2, 0.25) is 0 Å². The molecule has 0 radical (unpaired) electrons. The molecule has 2 aromatic rings. The summed E-state index contributed by atoms with van der Waals surface area (Å²) in [6, 6.07) is 0. The molecule has 0 aliphatic carbocycles. The third-order valence-electron chi connectivity index (χ3n) is 3.75. The van der Waals surface area contributed by atoms with Gasteiger partial charge in [0.25, 0.3) is 5.56 Å². The third kappa shape index (κ3) is 2.14. The van der Waals surface area contributed by atoms with E-state index in [1.807, 2.05) is 0 Å². The Morgan fingerprint density at radius 2 is 2.19 bits per heavy atom. The zero-order chi connectivity index (χ0) is 15.1. The Bertz CT molecular complexity index is 698. The lowest BCUT2D eigenvalue weighted by Gasteiger charge is -2.20. The molecular weight excluding hydrogens is 280 g/mol. The summed E-state index contributed by atoms with van der Waals surface area (Å²) in [4.78, 5) is 22.0. The monoisotopic (exact) mass is 296 g/mol. The van der Waals surface area contributed by atoms with Gasteiger partial charge in [0.1, 0.15) is 18.3 Å². The normalized spacial score (nSPS) is 30.9. The molecule has 5 atom stereocenters. The van der Waals surface area contributed by atoms with E-state index < -0.39 is 30.6 Å². The summed E-state index contributed by atoms with van der Waals surface area (Å²) >= 11 is 0. The molecule has 1 saturated heterocycles. The summed E-state index contributed by atoms with van der Waals surface area (Å²) in [5.41, 5.74) is 0.0420. The predicted molar refractivity (Wildman–Crippen MR) is 70.5 cm³/mol. The maximum Gasteiger partial charge on any atom is 0.278 e. The van der Waals surface area contributed by atoms with Crippen LogP contribution in [0.4, 0.5) is 0 Å². The number of methoxy groups -OCH3 is 1. The average Bonchev–Trinajstić information content (AvgIpc) is 3.02. The number of fused-ring (bicyclic) bond motifs is 1. The van der Waals surface area contributed by atoms with Gasteiger partial charge in [-0.1, -0.05) is 0 Å². The van der Waals surface area contributed by atoms with Gasteiger partial charge >= 0.3 is 0 Å². The first-order chi connectivity index (χ1) is 10.0. The van der Waals surface area contributed by atoms with Crippen LogP contribution in [0.25, 0.3) is 11.2 Å². The van der Waals surface area contributed by atoms with Gasteiger partial charge in [0, 0.05) is 7.11 Å². The van der Waals surface area contributed by atoms with Gasteiger partial charge in [-0.25, -0.2) is 9.97 Å². The number of aromatic amines is 1. The molecule has 0 bridgehead atoms. The zero-order valence-corrected chi connectivity index (χ0v) is 11.5. The predicted octanol–water partition coefficient (Wildman–Crippen LogP) is -1.23. The van der Waals surface area contributed by atoms with Crippen LogP contribution in [-0.2, 0) is 9.47 Å². The first-order valence-corrected chi connectivity index (χ1v) is 6.49. The summed E-state index contributed by atoms with van der Waals surface area (Å²) in [7, 11) is 1.49. The minimum Gasteiger partial charge on any atom is -0.387 e. The summed E-state index contributed by atoms with van der Waals surface area (Å²) in [5.74, 6) is 0. The molecule has 1 unspecified atom stereocenters. The number of ether oxygens (including phenoxy) is 2. The van der Waals surface area contributed by atoms with Crippen molar-refractivity contribution in [3.63, 3.8) is 0 Å². The smallest absolute Gasteiger partial charge is 0.278 e. The highest BCUT2D eigenvalue weighted by Gasteiger charge is 2.46. The molecule has 3 N–H and O–H groups in total. The van der Waals surface area contributed by atoms with E-state index in [4.69, 9.17) is 9.47 Å². The molecule has 0 amide bonds. The van der Waals surface area contributed by atoms with E-state index in [9.17, 15) is 15.0 Å². The lowest BCUT2D eigenvalue weighted by atomic mass is 10.1. The van der Waals surface area contributed by atoms with Crippen molar-refractivity contribution in [3.05, 3.63) is 23.0 Å². The van der Waals surface area contributed by atoms with Crippen molar-refractivity contribution in [1.82, 2.24) is 19.5 Å². The summed E-state index contributed by atoms with van der Waals surface area (Å²) in [6.07, 6.45) is -1.65. The van der Waals surface area contributed by atoms with Crippen molar-refractivity contribution >= 4 is 11.2 Å². The van der Waals surface area contributed by atoms with Crippen molar-refractivity contribution in [3.8, 4) is 0 Å². The van der Waals surface area contributed by atoms with Crippen molar-refractivity contribution in [2.45, 2.75) is 37.6 Å². The topological polar surface area (TPSA) is 122 Å². The minimum atomic E-state index is -1.17. The molecule has 1 aliphatic heterocycles. The lowest BCUT2D eigenvalue weighted by molar-refractivity contribution is -0.0893. The van der Waals surface area contributed by atoms with Crippen LogP contribution >= 0.6 is 0 Å². The van der Waals surface area contributed by atoms with Crippen molar-refractivity contribution < 1.29 is 19.7 Å². The maximum absolute atomic E-state index is 11.6. The summed E-state index contributed by atoms with van der Waals surface area (Å²) in [6.45, 7) is 1.73. The second kappa shape index (κ2) is 5.19. The van der Waals surface area contributed by atoms with Gasteiger partial charge in [-0.15, -0.1) is 0 Å². The van der Waals surface area contributed by atoms with Crippen LogP contribution < -0.4 is 5.56 Å². The maximum atomic E-state index is 11.6. The fourth-order valence-electron chi connectivity index (χ4n) is 2.49. The highest BCUT2D eigenvalue weighted by molar-refractivity contribution is 5.68. The van der Waals surface area contributed by atoms with E-state index in [2.05, 4.69) is 15.0 Å². The Labute approximate surface area is 119 Å². The first-order valence-electron chi connectivity index (χ1n) is 6.49. The number of hydrogen-bond donors (Lipinski definition) is 3. The third-order valence-corrected chi connectivity index (χ3v) is 3.75. The molecule has 1 aliphatic rings. The van der Waals surface area contributed by atoms with E-state index in [1.165, 1.54) is 24.3 Å². The molecule has 0 aromatic carbocycles. The molecule has 0 saturated carbocycles. The number of nitrogens with zero attached hydrogens (tertiary/aromatic N) is 3. The van der Waals surface area contributed by atoms with Crippen molar-refractivity contribution in [2.24, 2.45) is 0 Å². The molecule has 3 rings (SSSR count). The van der Waals surface area contributed by atoms with Crippen LogP contribution in [0.15, 0.2) is 17.4 Å². The Balaban J connectivity index is 2.00. The number of H-pyrrole nitrogens is 1. The quantitative estimate of drug-likeness (QED) is 0.648. The molecule has 3 heterocycles. The SMILES string of the molecule is COC(C)[C@H]1O[C@@H](n2cnc3c(=O)[nH]cnc32)[C@H](O)[C@@H]1O. The van der Waals surface area contributed by atoms with Crippen LogP contribution in [0.5, 0.6) is 0 Å². The van der Waals surface area contributed by atoms with E-state index in [1.54, 1.807) is 6.92 Å². The number of nitrogens with one attached hydrogen (secondary N) is 1. The summed E-state index contributed by atoms with van der Waals surface area (Å²) in [5, 5.41) is 20.3. The van der Waals surface area contributed by atoms with Crippen LogP contribution in [0.1, 0.15) is 13.2 Å². The highest BCUT2D eigenvalue weighted by Crippen LogP contribution is 2.32. The van der Waals surface area contributed by atoms with E-state index >= 15 is 0 Å². The van der Waals surface area contributed by atoms with Gasteiger partial charge in [0.2, 0.25) is 0 Å². The fourth-order valence-corrected chi connectivity index (χ4v) is 2.49. The van der Waals surface area contributed by atoms with Gasteiger partial charge in [-0.05, 0) is 6.92 Å². The van der Waals surface area contributed by atoms with Gasteiger partial charge in [0.15, 0.2) is 17.4 Å². The molecule has 0 spiro atoms. The Morgan fingerprint density at radius 1 is 1.43 bits per heavy atom. The Kier molecular flexibility index (Phi) is 3.49. The van der Waals surface area contributed by atoms with Crippen LogP contribution in [-0.4, -0.2) is 61.3 Å². The number of rotatable bonds is 3. The van der Waals surface area contributed by atoms with Gasteiger partial charge < -0.3 is 24.7 Å². The average molecular weight is 296 g/mol. The fraction of sp³-hybridized carbons (Fsp3) is 0.583. The largest absolute Gasteiger partial charge is 0.387 e. The van der Waals surface area contributed by atoms with Crippen LogP contribution in [0, 0.1) is 0 Å². The van der Waals surface area contributed by atoms with E-state index in [-0.39, 0.29) is 16.7 Å². The molecule has 9 nitrogen and oxygen atoms in total. The molecule has 9 heteroatoms. The highest BCUT2D eigenvalue weighted by atomic mass is 16.6. The van der Waals surface area contributed by atoms with Gasteiger partial charge in [0.05, 0.1) is 18.8 Å². The standard InChI is InChI=1S/C12H16N4O5/c1-5(20-2)9-7(17)8(18)12(21-9)16-4-15-6-10(16)13-3-14-11(6)19/h3-5,7-9,12,17-18H,1-2H3,(H,13,14,19)/t5?,7-,8+,9+,12+/m0/s1. The van der Waals surface area contributed by atoms with Crippen LogP contribution in [0.3, 0.4) is 0 Å². The molecule has 1 fully saturated rings. The number of aliphatic hydroxyl groups is 2. The number of hydrogen-bond acceptors (Lipinski definition) is 7. The summed E-state index contributed by atoms with van der Waals surface area (Å²) < 4.78 is 12.2. The molecule has 21 heavy (non-hydrogen) atoms. The number of aliphatic hydroxyl groups excluding tert-OH is 2. The first kappa shape index (κ1) is 14.1. The van der Waals surface area contributed by atoms with E-state index in [0.29, 0.717) is 0 Å². The van der Waals surface area contributed by atoms with Crippen molar-refractivity contribution in [1.29, 1.82) is 0 Å². The molecule has 2 aromatic heterocycles. The second-order valence-corrected chi connectivity index (χ2v) is 4.97. The number of imidazole rings is 1.